The van der Waals surface area contributed by atoms with Crippen LogP contribution in [-0.4, -0.2) is 28.9 Å². The number of pyridine rings is 1. The van der Waals surface area contributed by atoms with Crippen molar-refractivity contribution >= 4 is 51.1 Å². The van der Waals surface area contributed by atoms with Crippen LogP contribution < -0.4 is 10.6 Å². The van der Waals surface area contributed by atoms with E-state index in [1.165, 1.54) is 0 Å². The molecule has 0 unspecified atom stereocenters. The van der Waals surface area contributed by atoms with Gasteiger partial charge in [0, 0.05) is 22.1 Å². The average molecular weight is 445 g/mol. The molecule has 4 rings (SSSR count). The lowest BCUT2D eigenvalue weighted by Gasteiger charge is -2.16. The van der Waals surface area contributed by atoms with Crippen molar-refractivity contribution in [3.8, 4) is 0 Å². The van der Waals surface area contributed by atoms with Gasteiger partial charge in [-0.2, -0.15) is 0 Å². The molecule has 3 aromatic carbocycles. The lowest BCUT2D eigenvalue weighted by Crippen LogP contribution is -2.14. The molecule has 1 aromatic heterocycles. The van der Waals surface area contributed by atoms with Crippen molar-refractivity contribution in [3.63, 3.8) is 0 Å². The molecule has 0 aliphatic rings. The van der Waals surface area contributed by atoms with Crippen LogP contribution in [-0.2, 0) is 16.1 Å². The molecule has 168 valence electrons. The van der Waals surface area contributed by atoms with Gasteiger partial charge in [-0.25, -0.2) is 14.6 Å². The Morgan fingerprint density at radius 3 is 2.18 bits per heavy atom. The molecule has 0 bridgehead atoms. The number of benzene rings is 3. The molecule has 0 spiro atoms. The summed E-state index contributed by atoms with van der Waals surface area (Å²) in [5.74, 6) is 0. The van der Waals surface area contributed by atoms with Gasteiger partial charge in [0.1, 0.15) is 6.61 Å². The normalized spacial score (nSPS) is 10.7. The zero-order valence-electron chi connectivity index (χ0n) is 18.0. The highest BCUT2D eigenvalue weighted by Crippen LogP contribution is 2.34. The number of hydrogen-bond donors (Lipinski definition) is 3. The Morgan fingerprint density at radius 1 is 0.909 bits per heavy atom. The number of nitrogens with zero attached hydrogens (tertiary/aromatic N) is 1. The fraction of sp³-hybridized carbons (Fsp3) is 0.160. The summed E-state index contributed by atoms with van der Waals surface area (Å²) in [5, 5.41) is 16.9. The van der Waals surface area contributed by atoms with Gasteiger partial charge in [-0.1, -0.05) is 43.3 Å². The number of carbonyl (C=O) groups is 2. The fourth-order valence-electron chi connectivity index (χ4n) is 3.53. The summed E-state index contributed by atoms with van der Waals surface area (Å²) in [5.41, 5.74) is 4.19. The van der Waals surface area contributed by atoms with Gasteiger partial charge in [-0.3, -0.25) is 5.32 Å². The molecule has 0 saturated carbocycles. The van der Waals surface area contributed by atoms with Gasteiger partial charge in [0.25, 0.3) is 0 Å². The minimum Gasteiger partial charge on any atom is -0.450 e. The Hall–Kier alpha value is -4.33. The monoisotopic (exact) mass is 445 g/mol. The average Bonchev–Trinajstić information content (AvgIpc) is 2.81. The minimum atomic E-state index is -1.38. The number of aromatic nitrogens is 1. The molecule has 4 aromatic rings. The Kier molecular flexibility index (Phi) is 6.54. The van der Waals surface area contributed by atoms with Crippen LogP contribution in [0.4, 0.5) is 26.7 Å². The van der Waals surface area contributed by atoms with Crippen LogP contribution in [0.3, 0.4) is 0 Å². The number of para-hydroxylation sites is 2. The highest BCUT2D eigenvalue weighted by Gasteiger charge is 2.12. The van der Waals surface area contributed by atoms with Crippen molar-refractivity contribution in [2.45, 2.75) is 20.0 Å². The first kappa shape index (κ1) is 21.9. The van der Waals surface area contributed by atoms with E-state index in [-0.39, 0.29) is 6.61 Å². The summed E-state index contributed by atoms with van der Waals surface area (Å²) in [6.07, 6.45) is -1.26. The van der Waals surface area contributed by atoms with Crippen LogP contribution >= 0.6 is 0 Å². The number of amides is 1. The van der Waals surface area contributed by atoms with E-state index in [0.29, 0.717) is 30.0 Å². The molecule has 3 N–H and O–H groups in total. The summed E-state index contributed by atoms with van der Waals surface area (Å²) in [6, 6.07) is 20.8. The zero-order valence-corrected chi connectivity index (χ0v) is 18.0. The predicted octanol–water partition coefficient (Wildman–Crippen LogP) is 6.28. The van der Waals surface area contributed by atoms with E-state index in [1.54, 1.807) is 18.2 Å². The van der Waals surface area contributed by atoms with E-state index in [1.807, 2.05) is 55.5 Å². The van der Waals surface area contributed by atoms with Crippen LogP contribution in [0.25, 0.3) is 21.8 Å². The van der Waals surface area contributed by atoms with Gasteiger partial charge in [0.2, 0.25) is 0 Å². The maximum Gasteiger partial charge on any atom is 0.506 e. The summed E-state index contributed by atoms with van der Waals surface area (Å²) < 4.78 is 9.84. The second-order valence-electron chi connectivity index (χ2n) is 7.38. The predicted molar refractivity (Wildman–Crippen MR) is 127 cm³/mol. The smallest absolute Gasteiger partial charge is 0.450 e. The van der Waals surface area contributed by atoms with Gasteiger partial charge in [0.15, 0.2) is 0 Å². The van der Waals surface area contributed by atoms with E-state index in [4.69, 9.17) is 19.6 Å². The Labute approximate surface area is 190 Å². The van der Waals surface area contributed by atoms with Gasteiger partial charge >= 0.3 is 12.2 Å². The third kappa shape index (κ3) is 5.30. The number of anilines is 3. The quantitative estimate of drug-likeness (QED) is 0.227. The molecule has 8 nitrogen and oxygen atoms in total. The van der Waals surface area contributed by atoms with Crippen LogP contribution in [0.1, 0.15) is 18.9 Å². The molecular weight excluding hydrogens is 422 g/mol. The number of hydrogen-bond acceptors (Lipinski definition) is 6. The van der Waals surface area contributed by atoms with Crippen molar-refractivity contribution in [2.24, 2.45) is 0 Å². The molecule has 0 atom stereocenters. The number of nitrogens with one attached hydrogen (secondary N) is 2. The lowest BCUT2D eigenvalue weighted by atomic mass is 10.1. The SMILES string of the molecule is CCCOC(=O)Nc1cc(COC(=O)O)cc(Nc2c3ccccc3nc3ccccc23)c1. The molecule has 0 radical (unpaired) electrons. The van der Waals surface area contributed by atoms with Crippen LogP contribution in [0, 0.1) is 0 Å². The maximum absolute atomic E-state index is 12.1. The second-order valence-corrected chi connectivity index (χ2v) is 7.38. The number of carboxylic acid groups (broad SMARTS) is 1. The van der Waals surface area contributed by atoms with Crippen molar-refractivity contribution in [2.75, 3.05) is 17.2 Å². The molecule has 1 amide bonds. The van der Waals surface area contributed by atoms with Crippen LogP contribution in [0.5, 0.6) is 0 Å². The largest absolute Gasteiger partial charge is 0.506 e. The maximum atomic E-state index is 12.1. The number of carbonyl (C=O) groups excluding carboxylic acids is 1. The third-order valence-corrected chi connectivity index (χ3v) is 4.90. The number of ether oxygens (including phenoxy) is 2. The molecule has 33 heavy (non-hydrogen) atoms. The zero-order chi connectivity index (χ0) is 23.2. The van der Waals surface area contributed by atoms with Crippen LogP contribution in [0.2, 0.25) is 0 Å². The Morgan fingerprint density at radius 2 is 1.55 bits per heavy atom. The van der Waals surface area contributed by atoms with Gasteiger partial charge in [0.05, 0.1) is 23.3 Å². The van der Waals surface area contributed by atoms with Gasteiger partial charge in [-0.15, -0.1) is 0 Å². The molecule has 0 fully saturated rings. The number of fused-ring (bicyclic) bond motifs is 2. The Balaban J connectivity index is 1.75. The first-order chi connectivity index (χ1) is 16.0. The first-order valence-corrected chi connectivity index (χ1v) is 10.5. The standard InChI is InChI=1S/C25H23N3O5/c1-2-11-32-24(29)27-18-13-16(15-33-25(30)31)12-17(14-18)26-23-19-7-3-5-9-21(19)28-22-10-6-4-8-20(22)23/h3-10,12-14H,2,11,15H2,1H3,(H,26,28)(H,27,29)(H,30,31). The Bertz CT molecular complexity index is 1270. The van der Waals surface area contributed by atoms with E-state index in [9.17, 15) is 9.59 Å². The summed E-state index contributed by atoms with van der Waals surface area (Å²) in [7, 11) is 0. The van der Waals surface area contributed by atoms with Crippen molar-refractivity contribution in [1.82, 2.24) is 4.98 Å². The van der Waals surface area contributed by atoms with E-state index in [0.717, 1.165) is 27.5 Å². The summed E-state index contributed by atoms with van der Waals surface area (Å²) in [4.78, 5) is 27.7. The molecule has 8 heteroatoms. The highest BCUT2D eigenvalue weighted by molar-refractivity contribution is 6.08. The molecule has 0 aliphatic carbocycles. The van der Waals surface area contributed by atoms with E-state index >= 15 is 0 Å². The van der Waals surface area contributed by atoms with Crippen LogP contribution in [0.15, 0.2) is 66.7 Å². The lowest BCUT2D eigenvalue weighted by molar-refractivity contribution is 0.0853. The van der Waals surface area contributed by atoms with E-state index in [2.05, 4.69) is 10.6 Å². The molecule has 0 saturated heterocycles. The summed E-state index contributed by atoms with van der Waals surface area (Å²) >= 11 is 0. The van der Waals surface area contributed by atoms with E-state index < -0.39 is 12.2 Å². The number of rotatable bonds is 7. The summed E-state index contributed by atoms with van der Waals surface area (Å²) in [6.45, 7) is 2.04. The topological polar surface area (TPSA) is 110 Å². The van der Waals surface area contributed by atoms with Gasteiger partial charge in [-0.05, 0) is 42.3 Å². The highest BCUT2D eigenvalue weighted by atomic mass is 16.7. The second kappa shape index (κ2) is 9.86. The molecule has 1 heterocycles. The minimum absolute atomic E-state index is 0.165. The van der Waals surface area contributed by atoms with Crippen molar-refractivity contribution in [3.05, 3.63) is 72.3 Å². The van der Waals surface area contributed by atoms with Crippen molar-refractivity contribution < 1.29 is 24.2 Å². The van der Waals surface area contributed by atoms with Crippen molar-refractivity contribution in [1.29, 1.82) is 0 Å². The first-order valence-electron chi connectivity index (χ1n) is 10.5. The molecule has 0 aliphatic heterocycles. The fourth-order valence-corrected chi connectivity index (χ4v) is 3.53. The van der Waals surface area contributed by atoms with Gasteiger partial charge < -0.3 is 19.9 Å². The molecular formula is C25H23N3O5. The third-order valence-electron chi connectivity index (χ3n) is 4.90.